The van der Waals surface area contributed by atoms with Crippen LogP contribution in [0.25, 0.3) is 0 Å². The molecule has 0 heterocycles. The quantitative estimate of drug-likeness (QED) is 0.455. The molecule has 7 heteroatoms. The third-order valence-corrected chi connectivity index (χ3v) is 1.86. The van der Waals surface area contributed by atoms with Crippen LogP contribution in [0, 0.1) is 10.1 Å². The van der Waals surface area contributed by atoms with Crippen molar-refractivity contribution in [3.8, 4) is 5.75 Å². The van der Waals surface area contributed by atoms with Crippen LogP contribution in [0.3, 0.4) is 0 Å². The maximum absolute atomic E-state index is 10.9. The Balaban J connectivity index is 3.26. The molecular weight excluding hydrogens is 214 g/mol. The Kier molecular flexibility index (Phi) is 3.29. The molecule has 0 atom stereocenters. The van der Waals surface area contributed by atoms with Crippen molar-refractivity contribution in [2.24, 2.45) is 0 Å². The first kappa shape index (κ1) is 11.8. The van der Waals surface area contributed by atoms with Crippen molar-refractivity contribution in [2.75, 3.05) is 18.2 Å². The number of rotatable bonds is 3. The first-order chi connectivity index (χ1) is 7.45. The monoisotopic (exact) mass is 225 g/mol. The highest BCUT2D eigenvalue weighted by atomic mass is 16.6. The van der Waals surface area contributed by atoms with Gasteiger partial charge >= 0.3 is 0 Å². The molecule has 16 heavy (non-hydrogen) atoms. The Morgan fingerprint density at radius 2 is 2.19 bits per heavy atom. The van der Waals surface area contributed by atoms with Crippen molar-refractivity contribution in [3.05, 3.63) is 22.2 Å². The lowest BCUT2D eigenvalue weighted by Gasteiger charge is -2.09. The van der Waals surface area contributed by atoms with Crippen molar-refractivity contribution in [1.29, 1.82) is 0 Å². The van der Waals surface area contributed by atoms with E-state index in [1.807, 2.05) is 0 Å². The summed E-state index contributed by atoms with van der Waals surface area (Å²) >= 11 is 0. The highest BCUT2D eigenvalue weighted by molar-refractivity contribution is 5.92. The average Bonchev–Trinajstić information content (AvgIpc) is 2.16. The molecular formula is C9H11N3O4. The van der Waals surface area contributed by atoms with Gasteiger partial charge < -0.3 is 15.8 Å². The standard InChI is InChI=1S/C9H11N3O4/c1-5(13)11-7-3-6(10)8(12(14)15)4-9(7)16-2/h3-4H,10H2,1-2H3,(H,11,13). The molecule has 7 nitrogen and oxygen atoms in total. The summed E-state index contributed by atoms with van der Waals surface area (Å²) < 4.78 is 4.92. The van der Waals surface area contributed by atoms with Crippen LogP contribution in [0.4, 0.5) is 17.1 Å². The molecule has 1 aromatic carbocycles. The number of carbonyl (C=O) groups is 1. The Hall–Kier alpha value is -2.31. The van der Waals surface area contributed by atoms with E-state index in [0.29, 0.717) is 5.69 Å². The van der Waals surface area contributed by atoms with E-state index in [-0.39, 0.29) is 23.0 Å². The van der Waals surface area contributed by atoms with Gasteiger partial charge in [0.1, 0.15) is 11.4 Å². The minimum atomic E-state index is -0.616. The first-order valence-electron chi connectivity index (χ1n) is 4.35. The summed E-state index contributed by atoms with van der Waals surface area (Å²) in [6.45, 7) is 1.32. The number of nitrogen functional groups attached to an aromatic ring is 1. The van der Waals surface area contributed by atoms with Gasteiger partial charge in [-0.15, -0.1) is 0 Å². The Morgan fingerprint density at radius 3 is 2.62 bits per heavy atom. The van der Waals surface area contributed by atoms with E-state index >= 15 is 0 Å². The average molecular weight is 225 g/mol. The largest absolute Gasteiger partial charge is 0.494 e. The third-order valence-electron chi connectivity index (χ3n) is 1.86. The van der Waals surface area contributed by atoms with Gasteiger partial charge in [-0.1, -0.05) is 0 Å². The Morgan fingerprint density at radius 1 is 1.56 bits per heavy atom. The summed E-state index contributed by atoms with van der Waals surface area (Å²) in [6, 6.07) is 2.46. The van der Waals surface area contributed by atoms with Crippen LogP contribution < -0.4 is 15.8 Å². The predicted molar refractivity (Wildman–Crippen MR) is 58.4 cm³/mol. The molecule has 1 amide bonds. The number of hydrogen-bond donors (Lipinski definition) is 2. The maximum atomic E-state index is 10.9. The Bertz CT molecular complexity index is 445. The van der Waals surface area contributed by atoms with Gasteiger partial charge in [0.25, 0.3) is 5.69 Å². The van der Waals surface area contributed by atoms with Crippen LogP contribution in [0.5, 0.6) is 5.75 Å². The van der Waals surface area contributed by atoms with Gasteiger partial charge in [0, 0.05) is 6.92 Å². The zero-order valence-electron chi connectivity index (χ0n) is 8.81. The second-order valence-electron chi connectivity index (χ2n) is 3.05. The van der Waals surface area contributed by atoms with Crippen LogP contribution in [-0.4, -0.2) is 17.9 Å². The number of ether oxygens (including phenoxy) is 1. The molecule has 0 spiro atoms. The van der Waals surface area contributed by atoms with Gasteiger partial charge in [0.15, 0.2) is 0 Å². The fourth-order valence-electron chi connectivity index (χ4n) is 1.20. The van der Waals surface area contributed by atoms with Crippen molar-refractivity contribution in [3.63, 3.8) is 0 Å². The van der Waals surface area contributed by atoms with E-state index in [2.05, 4.69) is 5.32 Å². The van der Waals surface area contributed by atoms with Gasteiger partial charge in [0.05, 0.1) is 23.8 Å². The summed E-state index contributed by atoms with van der Waals surface area (Å²) in [5.74, 6) is -0.123. The molecule has 0 radical (unpaired) electrons. The Labute approximate surface area is 91.3 Å². The molecule has 1 rings (SSSR count). The van der Waals surface area contributed by atoms with Gasteiger partial charge in [-0.2, -0.15) is 0 Å². The number of nitro groups is 1. The van der Waals surface area contributed by atoms with Gasteiger partial charge in [0.2, 0.25) is 5.91 Å². The summed E-state index contributed by atoms with van der Waals surface area (Å²) in [5.41, 5.74) is 5.49. The van der Waals surface area contributed by atoms with Crippen LogP contribution in [-0.2, 0) is 4.79 Å². The number of hydrogen-bond acceptors (Lipinski definition) is 5. The molecule has 86 valence electrons. The van der Waals surface area contributed by atoms with E-state index in [4.69, 9.17) is 10.5 Å². The van der Waals surface area contributed by atoms with E-state index in [0.717, 1.165) is 0 Å². The van der Waals surface area contributed by atoms with Crippen molar-refractivity contribution in [1.82, 2.24) is 0 Å². The van der Waals surface area contributed by atoms with Crippen molar-refractivity contribution >= 4 is 23.0 Å². The number of nitrogens with zero attached hydrogens (tertiary/aromatic N) is 1. The number of anilines is 2. The van der Waals surface area contributed by atoms with Crippen LogP contribution in [0.1, 0.15) is 6.92 Å². The zero-order valence-corrected chi connectivity index (χ0v) is 8.81. The number of methoxy groups -OCH3 is 1. The molecule has 0 bridgehead atoms. The van der Waals surface area contributed by atoms with E-state index in [1.54, 1.807) is 0 Å². The predicted octanol–water partition coefficient (Wildman–Crippen LogP) is 1.14. The first-order valence-corrected chi connectivity index (χ1v) is 4.35. The lowest BCUT2D eigenvalue weighted by atomic mass is 10.2. The second-order valence-corrected chi connectivity index (χ2v) is 3.05. The fraction of sp³-hybridized carbons (Fsp3) is 0.222. The van der Waals surface area contributed by atoms with E-state index in [9.17, 15) is 14.9 Å². The summed E-state index contributed by atoms with van der Waals surface area (Å²) in [5, 5.41) is 13.1. The third kappa shape index (κ3) is 2.38. The number of amides is 1. The van der Waals surface area contributed by atoms with Crippen molar-refractivity contribution in [2.45, 2.75) is 6.92 Å². The topological polar surface area (TPSA) is 107 Å². The molecule has 0 aliphatic heterocycles. The number of benzene rings is 1. The molecule has 0 saturated carbocycles. The number of nitrogens with two attached hydrogens (primary N) is 1. The fourth-order valence-corrected chi connectivity index (χ4v) is 1.20. The highest BCUT2D eigenvalue weighted by Crippen LogP contribution is 2.34. The van der Waals surface area contributed by atoms with Crippen LogP contribution >= 0.6 is 0 Å². The molecule has 0 aliphatic carbocycles. The molecule has 0 fully saturated rings. The van der Waals surface area contributed by atoms with Gasteiger partial charge in [-0.05, 0) is 6.07 Å². The molecule has 1 aromatic rings. The van der Waals surface area contributed by atoms with Crippen molar-refractivity contribution < 1.29 is 14.5 Å². The van der Waals surface area contributed by atoms with Gasteiger partial charge in [-0.25, -0.2) is 0 Å². The SMILES string of the molecule is COc1cc([N+](=O)[O-])c(N)cc1NC(C)=O. The molecule has 0 saturated heterocycles. The maximum Gasteiger partial charge on any atom is 0.295 e. The molecule has 0 unspecified atom stereocenters. The number of nitrogens with one attached hydrogen (secondary N) is 1. The highest BCUT2D eigenvalue weighted by Gasteiger charge is 2.17. The van der Waals surface area contributed by atoms with E-state index < -0.39 is 4.92 Å². The van der Waals surface area contributed by atoms with Gasteiger partial charge in [-0.3, -0.25) is 14.9 Å². The minimum Gasteiger partial charge on any atom is -0.494 e. The lowest BCUT2D eigenvalue weighted by molar-refractivity contribution is -0.383. The van der Waals surface area contributed by atoms with Crippen LogP contribution in [0.15, 0.2) is 12.1 Å². The molecule has 3 N–H and O–H groups in total. The second kappa shape index (κ2) is 4.47. The molecule has 0 aliphatic rings. The minimum absolute atomic E-state index is 0.0328. The molecule has 0 aromatic heterocycles. The van der Waals surface area contributed by atoms with E-state index in [1.165, 1.54) is 26.2 Å². The lowest BCUT2D eigenvalue weighted by Crippen LogP contribution is -2.08. The summed E-state index contributed by atoms with van der Waals surface area (Å²) in [6.07, 6.45) is 0. The number of carbonyl (C=O) groups excluding carboxylic acids is 1. The summed E-state index contributed by atoms with van der Waals surface area (Å²) in [7, 11) is 1.35. The smallest absolute Gasteiger partial charge is 0.295 e. The number of nitro benzene ring substituents is 1. The summed E-state index contributed by atoms with van der Waals surface area (Å²) in [4.78, 5) is 20.9. The van der Waals surface area contributed by atoms with Crippen LogP contribution in [0.2, 0.25) is 0 Å². The normalized spacial score (nSPS) is 9.62. The zero-order chi connectivity index (χ0) is 12.3.